The average molecular weight is 324 g/mol. The van der Waals surface area contributed by atoms with Gasteiger partial charge < -0.3 is 5.73 Å². The maximum atomic E-state index is 11.7. The summed E-state index contributed by atoms with van der Waals surface area (Å²) in [5.74, 6) is -0.262. The van der Waals surface area contributed by atoms with Crippen molar-refractivity contribution in [2.24, 2.45) is 5.10 Å². The quantitative estimate of drug-likeness (QED) is 0.518. The predicted molar refractivity (Wildman–Crippen MR) is 77.9 cm³/mol. The number of nitrogens with zero attached hydrogens (tertiary/aromatic N) is 1. The first-order valence-corrected chi connectivity index (χ1v) is 6.70. The molecule has 0 aliphatic carbocycles. The Labute approximate surface area is 117 Å². The number of benzene rings is 1. The fraction of sp³-hybridized carbons (Fsp3) is 0. The van der Waals surface area contributed by atoms with Gasteiger partial charge >= 0.3 is 0 Å². The van der Waals surface area contributed by atoms with E-state index in [1.165, 1.54) is 11.3 Å². The van der Waals surface area contributed by atoms with Crippen molar-refractivity contribution < 1.29 is 4.79 Å². The van der Waals surface area contributed by atoms with Gasteiger partial charge in [-0.25, -0.2) is 5.43 Å². The Morgan fingerprint density at radius 3 is 2.61 bits per heavy atom. The molecule has 2 rings (SSSR count). The smallest absolute Gasteiger partial charge is 0.271 e. The molecule has 0 saturated heterocycles. The van der Waals surface area contributed by atoms with Crippen LogP contribution in [0.5, 0.6) is 0 Å². The molecule has 4 nitrogen and oxygen atoms in total. The first-order chi connectivity index (χ1) is 8.65. The van der Waals surface area contributed by atoms with Crippen molar-refractivity contribution in [2.45, 2.75) is 0 Å². The minimum absolute atomic E-state index is 0.262. The Balaban J connectivity index is 1.96. The van der Waals surface area contributed by atoms with Crippen molar-refractivity contribution in [3.63, 3.8) is 0 Å². The van der Waals surface area contributed by atoms with Gasteiger partial charge in [-0.1, -0.05) is 0 Å². The average Bonchev–Trinajstić information content (AvgIpc) is 2.76. The third kappa shape index (κ3) is 3.41. The highest BCUT2D eigenvalue weighted by molar-refractivity contribution is 9.11. The van der Waals surface area contributed by atoms with Crippen LogP contribution < -0.4 is 11.2 Å². The van der Waals surface area contributed by atoms with Crippen LogP contribution in [-0.4, -0.2) is 12.1 Å². The Hall–Kier alpha value is -1.66. The highest BCUT2D eigenvalue weighted by atomic mass is 79.9. The number of nitrogen functional groups attached to an aromatic ring is 1. The highest BCUT2D eigenvalue weighted by Crippen LogP contribution is 2.20. The lowest BCUT2D eigenvalue weighted by Gasteiger charge is -1.99. The molecule has 0 fully saturated rings. The molecule has 0 atom stereocenters. The molecule has 0 unspecified atom stereocenters. The van der Waals surface area contributed by atoms with Gasteiger partial charge in [-0.2, -0.15) is 5.10 Å². The summed E-state index contributed by atoms with van der Waals surface area (Å²) in [4.78, 5) is 12.6. The molecule has 2 aromatic rings. The van der Waals surface area contributed by atoms with Gasteiger partial charge in [0, 0.05) is 16.1 Å². The monoisotopic (exact) mass is 323 g/mol. The SMILES string of the molecule is Nc1ccc(C(=O)N/N=C\c2ccc(Br)s2)cc1. The summed E-state index contributed by atoms with van der Waals surface area (Å²) in [6.45, 7) is 0. The van der Waals surface area contributed by atoms with E-state index in [-0.39, 0.29) is 5.91 Å². The van der Waals surface area contributed by atoms with Crippen molar-refractivity contribution in [1.29, 1.82) is 0 Å². The minimum atomic E-state index is -0.262. The number of carbonyl (C=O) groups excluding carboxylic acids is 1. The molecule has 1 amide bonds. The van der Waals surface area contributed by atoms with E-state index in [9.17, 15) is 4.79 Å². The van der Waals surface area contributed by atoms with E-state index in [1.807, 2.05) is 12.1 Å². The van der Waals surface area contributed by atoms with Crippen LogP contribution in [0.15, 0.2) is 45.3 Å². The molecular weight excluding hydrogens is 314 g/mol. The highest BCUT2D eigenvalue weighted by Gasteiger charge is 2.02. The maximum Gasteiger partial charge on any atom is 0.271 e. The van der Waals surface area contributed by atoms with Crippen molar-refractivity contribution >= 4 is 45.1 Å². The third-order valence-corrected chi connectivity index (χ3v) is 3.68. The number of nitrogens with two attached hydrogens (primary N) is 1. The lowest BCUT2D eigenvalue weighted by molar-refractivity contribution is 0.0955. The number of hydrogen-bond acceptors (Lipinski definition) is 4. The van der Waals surface area contributed by atoms with Gasteiger partial charge in [-0.3, -0.25) is 4.79 Å². The summed E-state index contributed by atoms with van der Waals surface area (Å²) in [6, 6.07) is 10.5. The summed E-state index contributed by atoms with van der Waals surface area (Å²) >= 11 is 4.89. The number of carbonyl (C=O) groups is 1. The Morgan fingerprint density at radius 1 is 1.28 bits per heavy atom. The zero-order valence-electron chi connectivity index (χ0n) is 9.26. The van der Waals surface area contributed by atoms with E-state index in [1.54, 1.807) is 30.5 Å². The molecule has 0 aliphatic heterocycles. The standard InChI is InChI=1S/C12H10BrN3OS/c13-11-6-5-10(18-11)7-15-16-12(17)8-1-3-9(14)4-2-8/h1-7H,14H2,(H,16,17)/b15-7-. The van der Waals surface area contributed by atoms with Crippen LogP contribution in [0.25, 0.3) is 0 Å². The fourth-order valence-corrected chi connectivity index (χ4v) is 2.55. The number of nitrogens with one attached hydrogen (secondary N) is 1. The summed E-state index contributed by atoms with van der Waals surface area (Å²) in [6.07, 6.45) is 1.60. The molecule has 92 valence electrons. The van der Waals surface area contributed by atoms with Crippen LogP contribution in [0, 0.1) is 0 Å². The van der Waals surface area contributed by atoms with Gasteiger partial charge in [-0.15, -0.1) is 11.3 Å². The summed E-state index contributed by atoms with van der Waals surface area (Å²) < 4.78 is 1.02. The van der Waals surface area contributed by atoms with E-state index >= 15 is 0 Å². The van der Waals surface area contributed by atoms with Crippen LogP contribution in [-0.2, 0) is 0 Å². The van der Waals surface area contributed by atoms with E-state index < -0.39 is 0 Å². The van der Waals surface area contributed by atoms with Crippen molar-refractivity contribution in [2.75, 3.05) is 5.73 Å². The second kappa shape index (κ2) is 5.79. The van der Waals surface area contributed by atoms with Crippen molar-refractivity contribution in [3.05, 3.63) is 50.6 Å². The molecule has 18 heavy (non-hydrogen) atoms. The van der Waals surface area contributed by atoms with Gasteiger partial charge in [0.25, 0.3) is 5.91 Å². The number of amides is 1. The van der Waals surface area contributed by atoms with Gasteiger partial charge in [0.1, 0.15) is 0 Å². The molecule has 1 heterocycles. The number of halogens is 1. The van der Waals surface area contributed by atoms with Gasteiger partial charge in [-0.05, 0) is 52.3 Å². The van der Waals surface area contributed by atoms with Crippen LogP contribution in [0.3, 0.4) is 0 Å². The number of hydrazone groups is 1. The summed E-state index contributed by atoms with van der Waals surface area (Å²) in [7, 11) is 0. The number of thiophene rings is 1. The van der Waals surface area contributed by atoms with Crippen LogP contribution in [0.2, 0.25) is 0 Å². The molecule has 0 saturated carbocycles. The van der Waals surface area contributed by atoms with E-state index in [0.717, 1.165) is 8.66 Å². The molecule has 0 spiro atoms. The normalized spacial score (nSPS) is 10.7. The van der Waals surface area contributed by atoms with Crippen molar-refractivity contribution in [3.8, 4) is 0 Å². The second-order valence-corrected chi connectivity index (χ2v) is 5.96. The largest absolute Gasteiger partial charge is 0.399 e. The number of anilines is 1. The zero-order valence-corrected chi connectivity index (χ0v) is 11.7. The first-order valence-electron chi connectivity index (χ1n) is 5.09. The van der Waals surface area contributed by atoms with E-state index in [4.69, 9.17) is 5.73 Å². The van der Waals surface area contributed by atoms with Gasteiger partial charge in [0.05, 0.1) is 10.0 Å². The fourth-order valence-electron chi connectivity index (χ4n) is 1.25. The van der Waals surface area contributed by atoms with Crippen LogP contribution >= 0.6 is 27.3 Å². The van der Waals surface area contributed by atoms with Crippen molar-refractivity contribution in [1.82, 2.24) is 5.43 Å². The molecule has 0 bridgehead atoms. The molecule has 1 aromatic heterocycles. The lowest BCUT2D eigenvalue weighted by atomic mass is 10.2. The van der Waals surface area contributed by atoms with E-state index in [2.05, 4.69) is 26.5 Å². The maximum absolute atomic E-state index is 11.7. The number of rotatable bonds is 3. The summed E-state index contributed by atoms with van der Waals surface area (Å²) in [5.41, 5.74) is 9.14. The lowest BCUT2D eigenvalue weighted by Crippen LogP contribution is -2.17. The Morgan fingerprint density at radius 2 is 2.00 bits per heavy atom. The zero-order chi connectivity index (χ0) is 13.0. The number of hydrogen-bond donors (Lipinski definition) is 2. The predicted octanol–water partition coefficient (Wildman–Crippen LogP) is 2.86. The summed E-state index contributed by atoms with van der Waals surface area (Å²) in [5, 5.41) is 3.89. The second-order valence-electron chi connectivity index (χ2n) is 3.46. The van der Waals surface area contributed by atoms with Crippen LogP contribution in [0.1, 0.15) is 15.2 Å². The Bertz CT molecular complexity index is 577. The third-order valence-electron chi connectivity index (χ3n) is 2.12. The molecular formula is C12H10BrN3OS. The van der Waals surface area contributed by atoms with Gasteiger partial charge in [0.15, 0.2) is 0 Å². The molecule has 0 radical (unpaired) electrons. The molecule has 6 heteroatoms. The molecule has 3 N–H and O–H groups in total. The Kier molecular flexibility index (Phi) is 4.11. The molecule has 1 aromatic carbocycles. The van der Waals surface area contributed by atoms with Crippen LogP contribution in [0.4, 0.5) is 5.69 Å². The minimum Gasteiger partial charge on any atom is -0.399 e. The first kappa shape index (κ1) is 12.8. The van der Waals surface area contributed by atoms with E-state index in [0.29, 0.717) is 11.3 Å². The topological polar surface area (TPSA) is 67.5 Å². The van der Waals surface area contributed by atoms with Gasteiger partial charge in [0.2, 0.25) is 0 Å². The molecule has 0 aliphatic rings.